The minimum atomic E-state index is -0.912. The van der Waals surface area contributed by atoms with Crippen LogP contribution in [0.3, 0.4) is 0 Å². The summed E-state index contributed by atoms with van der Waals surface area (Å²) < 4.78 is 0. The van der Waals surface area contributed by atoms with Crippen molar-refractivity contribution in [2.75, 3.05) is 17.2 Å². The number of carbonyl (C=O) groups is 2. The lowest BCUT2D eigenvalue weighted by atomic mass is 9.81. The van der Waals surface area contributed by atoms with Gasteiger partial charge in [-0.3, -0.25) is 14.5 Å². The number of hydrogen-bond donors (Lipinski definition) is 4. The molecule has 2 heterocycles. The number of hydrogen-bond acceptors (Lipinski definition) is 9. The van der Waals surface area contributed by atoms with Crippen LogP contribution in [0.4, 0.5) is 11.6 Å². The molecule has 7 N–H and O–H groups in total. The molecular formula is C29H34N10O2. The zero-order chi connectivity index (χ0) is 28.9. The molecular weight excluding hydrogens is 520 g/mol. The van der Waals surface area contributed by atoms with E-state index in [1.54, 1.807) is 35.4 Å². The number of carbonyl (C=O) groups excluding carboxylic acids is 2. The van der Waals surface area contributed by atoms with Crippen LogP contribution in [0, 0.1) is 18.8 Å². The Kier molecular flexibility index (Phi) is 8.29. The van der Waals surface area contributed by atoms with Crippen LogP contribution in [0.1, 0.15) is 36.9 Å². The molecule has 41 heavy (non-hydrogen) atoms. The molecule has 2 aromatic heterocycles. The number of aromatic nitrogens is 6. The van der Waals surface area contributed by atoms with E-state index in [0.29, 0.717) is 24.0 Å². The predicted octanol–water partition coefficient (Wildman–Crippen LogP) is 2.41. The number of H-pyrrole nitrogens is 1. The quantitative estimate of drug-likeness (QED) is 0.240. The third kappa shape index (κ3) is 6.22. The highest BCUT2D eigenvalue weighted by atomic mass is 16.2. The van der Waals surface area contributed by atoms with Gasteiger partial charge in [0.25, 0.3) is 0 Å². The summed E-state index contributed by atoms with van der Waals surface area (Å²) in [4.78, 5) is 37.1. The van der Waals surface area contributed by atoms with Gasteiger partial charge in [0.2, 0.25) is 23.6 Å². The maximum atomic E-state index is 14.1. The molecule has 0 unspecified atom stereocenters. The standard InChI is InChI=1S/C29H34N10O2/c1-17-24(16-33-29(32)34-17)22-4-2-3-19(13-22)14-25(26(31)40)39(28(41)21-7-5-18(15-30)6-8-21)23-11-9-20(10-12-23)27-35-37-38-36-27/h2-4,9-13,16,18,21,25H,5-8,14-15,30H2,1H3,(H2,31,40)(H2,32,33,34)(H,35,36,37,38)/t18?,21?,25-/m0/s1. The van der Waals surface area contributed by atoms with Crippen molar-refractivity contribution in [3.05, 3.63) is 66.0 Å². The number of aromatic amines is 1. The van der Waals surface area contributed by atoms with E-state index in [0.717, 1.165) is 53.6 Å². The first-order chi connectivity index (χ1) is 19.8. The maximum Gasteiger partial charge on any atom is 0.240 e. The molecule has 2 amide bonds. The Hall–Kier alpha value is -4.71. The Balaban J connectivity index is 1.48. The molecule has 1 saturated carbocycles. The molecule has 0 radical (unpaired) electrons. The van der Waals surface area contributed by atoms with Crippen LogP contribution < -0.4 is 22.1 Å². The van der Waals surface area contributed by atoms with Crippen LogP contribution >= 0.6 is 0 Å². The largest absolute Gasteiger partial charge is 0.368 e. The molecule has 4 aromatic rings. The number of nitrogens with two attached hydrogens (primary N) is 3. The number of amides is 2. The van der Waals surface area contributed by atoms with Crippen molar-refractivity contribution in [1.82, 2.24) is 30.6 Å². The van der Waals surface area contributed by atoms with Crippen molar-refractivity contribution in [2.24, 2.45) is 23.3 Å². The average Bonchev–Trinajstić information content (AvgIpc) is 3.52. The number of anilines is 2. The van der Waals surface area contributed by atoms with E-state index < -0.39 is 11.9 Å². The molecule has 212 valence electrons. The van der Waals surface area contributed by atoms with Crippen molar-refractivity contribution in [3.8, 4) is 22.5 Å². The zero-order valence-corrected chi connectivity index (χ0v) is 22.9. The minimum Gasteiger partial charge on any atom is -0.368 e. The molecule has 0 saturated heterocycles. The topological polar surface area (TPSA) is 196 Å². The second-order valence-electron chi connectivity index (χ2n) is 10.5. The van der Waals surface area contributed by atoms with Crippen molar-refractivity contribution in [1.29, 1.82) is 0 Å². The molecule has 1 fully saturated rings. The molecule has 2 aromatic carbocycles. The third-order valence-corrected chi connectivity index (χ3v) is 7.82. The lowest BCUT2D eigenvalue weighted by Gasteiger charge is -2.35. The van der Waals surface area contributed by atoms with E-state index in [2.05, 4.69) is 30.6 Å². The van der Waals surface area contributed by atoms with E-state index >= 15 is 0 Å². The fourth-order valence-corrected chi connectivity index (χ4v) is 5.53. The zero-order valence-electron chi connectivity index (χ0n) is 22.9. The van der Waals surface area contributed by atoms with Gasteiger partial charge in [-0.25, -0.2) is 9.97 Å². The Labute approximate surface area is 237 Å². The first kappa shape index (κ1) is 27.8. The highest BCUT2D eigenvalue weighted by Crippen LogP contribution is 2.33. The molecule has 12 heteroatoms. The molecule has 5 rings (SSSR count). The number of nitrogens with zero attached hydrogens (tertiary/aromatic N) is 6. The smallest absolute Gasteiger partial charge is 0.240 e. The predicted molar refractivity (Wildman–Crippen MR) is 155 cm³/mol. The van der Waals surface area contributed by atoms with Crippen LogP contribution in [-0.4, -0.2) is 55.0 Å². The number of nitrogen functional groups attached to an aromatic ring is 1. The van der Waals surface area contributed by atoms with E-state index in [-0.39, 0.29) is 24.2 Å². The van der Waals surface area contributed by atoms with Gasteiger partial charge in [0.1, 0.15) is 6.04 Å². The summed E-state index contributed by atoms with van der Waals surface area (Å²) in [5.41, 5.74) is 22.2. The average molecular weight is 555 g/mol. The van der Waals surface area contributed by atoms with E-state index in [1.165, 1.54) is 0 Å². The summed E-state index contributed by atoms with van der Waals surface area (Å²) >= 11 is 0. The summed E-state index contributed by atoms with van der Waals surface area (Å²) in [6.07, 6.45) is 5.11. The fraction of sp³-hybridized carbons (Fsp3) is 0.345. The van der Waals surface area contributed by atoms with Gasteiger partial charge in [0.05, 0.1) is 5.69 Å². The van der Waals surface area contributed by atoms with Crippen LogP contribution in [0.25, 0.3) is 22.5 Å². The van der Waals surface area contributed by atoms with Crippen LogP contribution in [0.15, 0.2) is 54.7 Å². The Morgan fingerprint density at radius 3 is 2.46 bits per heavy atom. The second kappa shape index (κ2) is 12.2. The number of tetrazole rings is 1. The summed E-state index contributed by atoms with van der Waals surface area (Å²) in [6.45, 7) is 2.48. The number of rotatable bonds is 9. The molecule has 1 atom stereocenters. The van der Waals surface area contributed by atoms with Crippen molar-refractivity contribution >= 4 is 23.5 Å². The first-order valence-electron chi connectivity index (χ1n) is 13.7. The van der Waals surface area contributed by atoms with Crippen LogP contribution in [0.5, 0.6) is 0 Å². The van der Waals surface area contributed by atoms with Crippen LogP contribution in [-0.2, 0) is 16.0 Å². The number of aryl methyl sites for hydroxylation is 1. The van der Waals surface area contributed by atoms with Gasteiger partial charge < -0.3 is 17.2 Å². The van der Waals surface area contributed by atoms with Gasteiger partial charge in [-0.1, -0.05) is 24.3 Å². The van der Waals surface area contributed by atoms with Crippen molar-refractivity contribution in [3.63, 3.8) is 0 Å². The molecule has 1 aliphatic rings. The fourth-order valence-electron chi connectivity index (χ4n) is 5.53. The number of nitrogens with one attached hydrogen (secondary N) is 1. The van der Waals surface area contributed by atoms with Crippen LogP contribution in [0.2, 0.25) is 0 Å². The van der Waals surface area contributed by atoms with Gasteiger partial charge in [-0.05, 0) is 85.7 Å². The SMILES string of the molecule is Cc1nc(N)ncc1-c1cccc(C[C@@H](C(N)=O)N(C(=O)C2CCC(CN)CC2)c2ccc(-c3nn[nH]n3)cc2)c1. The molecule has 0 bridgehead atoms. The second-order valence-corrected chi connectivity index (χ2v) is 10.5. The Morgan fingerprint density at radius 1 is 1.07 bits per heavy atom. The highest BCUT2D eigenvalue weighted by Gasteiger charge is 2.36. The summed E-state index contributed by atoms with van der Waals surface area (Å²) in [5.74, 6) is 0.120. The lowest BCUT2D eigenvalue weighted by Crippen LogP contribution is -2.52. The molecule has 1 aliphatic carbocycles. The van der Waals surface area contributed by atoms with Gasteiger partial charge >= 0.3 is 0 Å². The van der Waals surface area contributed by atoms with Gasteiger partial charge in [-0.15, -0.1) is 10.2 Å². The highest BCUT2D eigenvalue weighted by molar-refractivity contribution is 6.01. The van der Waals surface area contributed by atoms with Crippen molar-refractivity contribution < 1.29 is 9.59 Å². The van der Waals surface area contributed by atoms with Gasteiger partial charge in [0.15, 0.2) is 0 Å². The molecule has 0 aliphatic heterocycles. The van der Waals surface area contributed by atoms with E-state index in [4.69, 9.17) is 17.2 Å². The summed E-state index contributed by atoms with van der Waals surface area (Å²) in [6, 6.07) is 14.0. The Morgan fingerprint density at radius 2 is 1.83 bits per heavy atom. The number of benzene rings is 2. The van der Waals surface area contributed by atoms with E-state index in [1.807, 2.05) is 31.2 Å². The van der Waals surface area contributed by atoms with Gasteiger partial charge in [-0.2, -0.15) is 5.21 Å². The third-order valence-electron chi connectivity index (χ3n) is 7.82. The minimum absolute atomic E-state index is 0.115. The number of primary amides is 1. The monoisotopic (exact) mass is 554 g/mol. The summed E-state index contributed by atoms with van der Waals surface area (Å²) in [5, 5.41) is 14.1. The lowest BCUT2D eigenvalue weighted by molar-refractivity contribution is -0.127. The first-order valence-corrected chi connectivity index (χ1v) is 13.7. The normalized spacial score (nSPS) is 17.6. The van der Waals surface area contributed by atoms with E-state index in [9.17, 15) is 9.59 Å². The molecule has 12 nitrogen and oxygen atoms in total. The van der Waals surface area contributed by atoms with Crippen molar-refractivity contribution in [2.45, 2.75) is 45.1 Å². The molecule has 0 spiro atoms. The van der Waals surface area contributed by atoms with Gasteiger partial charge in [0, 0.05) is 35.3 Å². The summed E-state index contributed by atoms with van der Waals surface area (Å²) in [7, 11) is 0. The maximum absolute atomic E-state index is 14.1. The Bertz CT molecular complexity index is 1500.